The number of benzene rings is 2. The molecule has 1 N–H and O–H groups in total. The zero-order valence-corrected chi connectivity index (χ0v) is 13.4. The van der Waals surface area contributed by atoms with Gasteiger partial charge in [-0.15, -0.1) is 0 Å². The van der Waals surface area contributed by atoms with E-state index in [0.29, 0.717) is 17.2 Å². The number of hydrogen-bond donors (Lipinski definition) is 1. The molecule has 1 heterocycles. The minimum absolute atomic E-state index is 0.0620. The van der Waals surface area contributed by atoms with Crippen molar-refractivity contribution in [2.75, 3.05) is 5.32 Å². The molecule has 0 aromatic heterocycles. The van der Waals surface area contributed by atoms with E-state index in [1.165, 1.54) is 0 Å². The van der Waals surface area contributed by atoms with Crippen LogP contribution in [0.5, 0.6) is 5.75 Å². The van der Waals surface area contributed by atoms with Gasteiger partial charge in [-0.05, 0) is 43.7 Å². The van der Waals surface area contributed by atoms with Gasteiger partial charge in [0.25, 0.3) is 0 Å². The van der Waals surface area contributed by atoms with Gasteiger partial charge in [0.15, 0.2) is 5.78 Å². The summed E-state index contributed by atoms with van der Waals surface area (Å²) >= 11 is 6.29. The highest BCUT2D eigenvalue weighted by atomic mass is 35.5. The molecule has 0 amide bonds. The van der Waals surface area contributed by atoms with Crippen LogP contribution in [0.3, 0.4) is 0 Å². The topological polar surface area (TPSA) is 38.3 Å². The maximum absolute atomic E-state index is 12.3. The lowest BCUT2D eigenvalue weighted by molar-refractivity contribution is 0.0972. The molecule has 0 spiro atoms. The Kier molecular flexibility index (Phi) is 4.08. The highest BCUT2D eigenvalue weighted by Crippen LogP contribution is 2.35. The predicted molar refractivity (Wildman–Crippen MR) is 89.0 cm³/mol. The van der Waals surface area contributed by atoms with E-state index >= 15 is 0 Å². The number of carbonyl (C=O) groups excluding carboxylic acids is 1. The molecule has 4 heteroatoms. The van der Waals surface area contributed by atoms with E-state index < -0.39 is 0 Å². The summed E-state index contributed by atoms with van der Waals surface area (Å²) in [5, 5.41) is 3.98. The molecule has 0 saturated carbocycles. The number of ether oxygens (including phenoxy) is 1. The molecule has 0 bridgehead atoms. The predicted octanol–water partition coefficient (Wildman–Crippen LogP) is 4.87. The van der Waals surface area contributed by atoms with Crippen molar-refractivity contribution in [3.05, 3.63) is 58.6 Å². The molecule has 0 fully saturated rings. The molecule has 114 valence electrons. The van der Waals surface area contributed by atoms with Crippen LogP contribution < -0.4 is 10.1 Å². The largest absolute Gasteiger partial charge is 0.489 e. The fourth-order valence-corrected chi connectivity index (χ4v) is 2.90. The number of Topliss-reactive ketones (excluding diaryl/α,β-unsaturated/α-hetero) is 1. The molecular weight excluding hydrogens is 298 g/mol. The molecule has 0 radical (unpaired) electrons. The Hall–Kier alpha value is -2.00. The van der Waals surface area contributed by atoms with E-state index in [0.717, 1.165) is 16.8 Å². The van der Waals surface area contributed by atoms with E-state index in [1.807, 2.05) is 56.3 Å². The first kappa shape index (κ1) is 14.9. The lowest BCUT2D eigenvalue weighted by atomic mass is 9.92. The molecule has 3 rings (SSSR count). The number of halogens is 1. The highest BCUT2D eigenvalue weighted by molar-refractivity contribution is 6.32. The second kappa shape index (κ2) is 6.01. The Morgan fingerprint density at radius 1 is 1.23 bits per heavy atom. The minimum Gasteiger partial charge on any atom is -0.489 e. The number of carbonyl (C=O) groups is 1. The van der Waals surface area contributed by atoms with Crippen LogP contribution in [0.2, 0.25) is 5.02 Å². The first-order valence-corrected chi connectivity index (χ1v) is 7.77. The number of para-hydroxylation sites is 1. The van der Waals surface area contributed by atoms with E-state index in [4.69, 9.17) is 16.3 Å². The number of nitrogens with one attached hydrogen (secondary N) is 1. The SMILES string of the molecule is CC(C)Oc1ccc(C2CC(=O)c3ccccc3N2)cc1Cl. The van der Waals surface area contributed by atoms with Gasteiger partial charge in [0.2, 0.25) is 0 Å². The van der Waals surface area contributed by atoms with Crippen LogP contribution in [0, 0.1) is 0 Å². The van der Waals surface area contributed by atoms with Crippen LogP contribution in [-0.2, 0) is 0 Å². The van der Waals surface area contributed by atoms with Crippen LogP contribution in [-0.4, -0.2) is 11.9 Å². The van der Waals surface area contributed by atoms with Crippen LogP contribution in [0.1, 0.15) is 42.2 Å². The number of rotatable bonds is 3. The van der Waals surface area contributed by atoms with Gasteiger partial charge < -0.3 is 10.1 Å². The molecule has 22 heavy (non-hydrogen) atoms. The first-order chi connectivity index (χ1) is 10.5. The van der Waals surface area contributed by atoms with Gasteiger partial charge in [-0.2, -0.15) is 0 Å². The van der Waals surface area contributed by atoms with Crippen LogP contribution >= 0.6 is 11.6 Å². The molecule has 2 aromatic carbocycles. The van der Waals surface area contributed by atoms with Crippen molar-refractivity contribution in [2.24, 2.45) is 0 Å². The van der Waals surface area contributed by atoms with E-state index in [2.05, 4.69) is 5.32 Å². The molecule has 0 saturated heterocycles. The Morgan fingerprint density at radius 3 is 2.73 bits per heavy atom. The van der Waals surface area contributed by atoms with Gasteiger partial charge in [-0.1, -0.05) is 29.8 Å². The van der Waals surface area contributed by atoms with Crippen molar-refractivity contribution in [1.29, 1.82) is 0 Å². The standard InChI is InChI=1S/C18H18ClNO2/c1-11(2)22-18-8-7-12(9-14(18)19)16-10-17(21)13-5-3-4-6-15(13)20-16/h3-9,11,16,20H,10H2,1-2H3. The zero-order chi connectivity index (χ0) is 15.7. The second-order valence-electron chi connectivity index (χ2n) is 5.73. The third-order valence-corrected chi connectivity index (χ3v) is 3.96. The van der Waals surface area contributed by atoms with Gasteiger partial charge in [0.05, 0.1) is 17.2 Å². The van der Waals surface area contributed by atoms with E-state index in [1.54, 1.807) is 0 Å². The molecular formula is C18H18ClNO2. The summed E-state index contributed by atoms with van der Waals surface area (Å²) in [5.74, 6) is 0.820. The third-order valence-electron chi connectivity index (χ3n) is 3.67. The average molecular weight is 316 g/mol. The monoisotopic (exact) mass is 315 g/mol. The Bertz CT molecular complexity index is 712. The summed E-state index contributed by atoms with van der Waals surface area (Å²) in [6.45, 7) is 3.92. The van der Waals surface area contributed by atoms with Crippen LogP contribution in [0.25, 0.3) is 0 Å². The molecule has 1 aliphatic heterocycles. The second-order valence-corrected chi connectivity index (χ2v) is 6.13. The van der Waals surface area contributed by atoms with Crippen molar-refractivity contribution >= 4 is 23.1 Å². The smallest absolute Gasteiger partial charge is 0.167 e. The van der Waals surface area contributed by atoms with Crippen molar-refractivity contribution in [3.63, 3.8) is 0 Å². The summed E-state index contributed by atoms with van der Waals surface area (Å²) in [7, 11) is 0. The fraction of sp³-hybridized carbons (Fsp3) is 0.278. The third kappa shape index (κ3) is 2.95. The molecule has 0 aliphatic carbocycles. The lowest BCUT2D eigenvalue weighted by Crippen LogP contribution is -2.22. The Labute approximate surface area is 135 Å². The summed E-state index contributed by atoms with van der Waals surface area (Å²) in [6, 6.07) is 13.2. The maximum atomic E-state index is 12.3. The van der Waals surface area contributed by atoms with Gasteiger partial charge in [0, 0.05) is 17.7 Å². The normalized spacial score (nSPS) is 17.1. The lowest BCUT2D eigenvalue weighted by Gasteiger charge is -2.26. The Morgan fingerprint density at radius 2 is 2.00 bits per heavy atom. The number of ketones is 1. The quantitative estimate of drug-likeness (QED) is 0.878. The Balaban J connectivity index is 1.87. The van der Waals surface area contributed by atoms with Gasteiger partial charge in [-0.3, -0.25) is 4.79 Å². The fourth-order valence-electron chi connectivity index (χ4n) is 2.67. The number of hydrogen-bond acceptors (Lipinski definition) is 3. The maximum Gasteiger partial charge on any atom is 0.167 e. The summed E-state index contributed by atoms with van der Waals surface area (Å²) < 4.78 is 5.65. The molecule has 3 nitrogen and oxygen atoms in total. The molecule has 1 aliphatic rings. The van der Waals surface area contributed by atoms with Crippen molar-refractivity contribution in [1.82, 2.24) is 0 Å². The van der Waals surface area contributed by atoms with Crippen molar-refractivity contribution in [3.8, 4) is 5.75 Å². The number of fused-ring (bicyclic) bond motifs is 1. The molecule has 1 atom stereocenters. The van der Waals surface area contributed by atoms with Crippen molar-refractivity contribution in [2.45, 2.75) is 32.4 Å². The van der Waals surface area contributed by atoms with Crippen LogP contribution in [0.4, 0.5) is 5.69 Å². The van der Waals surface area contributed by atoms with Gasteiger partial charge >= 0.3 is 0 Å². The number of anilines is 1. The van der Waals surface area contributed by atoms with E-state index in [-0.39, 0.29) is 17.9 Å². The van der Waals surface area contributed by atoms with E-state index in [9.17, 15) is 4.79 Å². The van der Waals surface area contributed by atoms with Crippen LogP contribution in [0.15, 0.2) is 42.5 Å². The van der Waals surface area contributed by atoms with Gasteiger partial charge in [-0.25, -0.2) is 0 Å². The van der Waals surface area contributed by atoms with Gasteiger partial charge in [0.1, 0.15) is 5.75 Å². The average Bonchev–Trinajstić information content (AvgIpc) is 2.49. The highest BCUT2D eigenvalue weighted by Gasteiger charge is 2.25. The zero-order valence-electron chi connectivity index (χ0n) is 12.6. The molecule has 2 aromatic rings. The van der Waals surface area contributed by atoms with Crippen molar-refractivity contribution < 1.29 is 9.53 Å². The molecule has 1 unspecified atom stereocenters. The summed E-state index contributed by atoms with van der Waals surface area (Å²) in [4.78, 5) is 12.3. The first-order valence-electron chi connectivity index (χ1n) is 7.39. The summed E-state index contributed by atoms with van der Waals surface area (Å²) in [5.41, 5.74) is 2.62. The minimum atomic E-state index is -0.0620. The summed E-state index contributed by atoms with van der Waals surface area (Å²) in [6.07, 6.45) is 0.502.